The third-order valence-corrected chi connectivity index (χ3v) is 3.65. The highest BCUT2D eigenvalue weighted by Crippen LogP contribution is 2.14. The fourth-order valence-corrected chi connectivity index (χ4v) is 2.42. The van der Waals surface area contributed by atoms with E-state index in [2.05, 4.69) is 29.5 Å². The van der Waals surface area contributed by atoms with E-state index >= 15 is 0 Å². The minimum absolute atomic E-state index is 0.250. The van der Waals surface area contributed by atoms with Gasteiger partial charge in [0.05, 0.1) is 17.3 Å². The van der Waals surface area contributed by atoms with Crippen LogP contribution in [-0.4, -0.2) is 17.6 Å². The van der Waals surface area contributed by atoms with Gasteiger partial charge in [-0.25, -0.2) is 9.37 Å². The zero-order chi connectivity index (χ0) is 14.4. The molecule has 2 rings (SSSR count). The average Bonchev–Trinajstić information content (AvgIpc) is 2.87. The van der Waals surface area contributed by atoms with Crippen molar-refractivity contribution in [2.45, 2.75) is 32.9 Å². The molecular formula is C15H19FN2OS. The van der Waals surface area contributed by atoms with Gasteiger partial charge in [0.15, 0.2) is 0 Å². The van der Waals surface area contributed by atoms with Crippen LogP contribution in [0.5, 0.6) is 5.75 Å². The van der Waals surface area contributed by atoms with Gasteiger partial charge in [-0.15, -0.1) is 11.3 Å². The lowest BCUT2D eigenvalue weighted by Crippen LogP contribution is -2.21. The van der Waals surface area contributed by atoms with Gasteiger partial charge < -0.3 is 10.1 Å². The summed E-state index contributed by atoms with van der Waals surface area (Å²) >= 11 is 1.65. The fraction of sp³-hybridized carbons (Fsp3) is 0.400. The molecular weight excluding hydrogens is 275 g/mol. The lowest BCUT2D eigenvalue weighted by Gasteiger charge is -2.05. The van der Waals surface area contributed by atoms with Crippen LogP contribution in [0, 0.1) is 5.82 Å². The molecule has 5 heteroatoms. The second-order valence-corrected chi connectivity index (χ2v) is 5.76. The highest BCUT2D eigenvalue weighted by Gasteiger charge is 2.03. The Kier molecular flexibility index (Phi) is 5.49. The predicted octanol–water partition coefficient (Wildman–Crippen LogP) is 3.40. The highest BCUT2D eigenvalue weighted by molar-refractivity contribution is 7.09. The summed E-state index contributed by atoms with van der Waals surface area (Å²) in [6.45, 7) is 5.58. The summed E-state index contributed by atoms with van der Waals surface area (Å²) in [5.74, 6) is 0.434. The molecule has 108 valence electrons. The van der Waals surface area contributed by atoms with Crippen molar-refractivity contribution in [3.8, 4) is 5.75 Å². The first-order valence-corrected chi connectivity index (χ1v) is 7.56. The zero-order valence-electron chi connectivity index (χ0n) is 11.7. The Balaban J connectivity index is 1.75. The van der Waals surface area contributed by atoms with Gasteiger partial charge >= 0.3 is 0 Å². The van der Waals surface area contributed by atoms with E-state index < -0.39 is 0 Å². The molecule has 1 aromatic heterocycles. The van der Waals surface area contributed by atoms with E-state index in [4.69, 9.17) is 4.74 Å². The molecule has 0 aliphatic heterocycles. The van der Waals surface area contributed by atoms with Crippen molar-refractivity contribution in [3.05, 3.63) is 46.2 Å². The second kappa shape index (κ2) is 7.36. The number of nitrogens with one attached hydrogen (secondary N) is 1. The maximum absolute atomic E-state index is 12.7. The Morgan fingerprint density at radius 2 is 2.05 bits per heavy atom. The van der Waals surface area contributed by atoms with E-state index in [1.165, 1.54) is 12.1 Å². The first-order valence-electron chi connectivity index (χ1n) is 6.68. The van der Waals surface area contributed by atoms with Crippen molar-refractivity contribution in [3.63, 3.8) is 0 Å². The van der Waals surface area contributed by atoms with E-state index in [1.54, 1.807) is 23.5 Å². The van der Waals surface area contributed by atoms with E-state index in [0.29, 0.717) is 18.4 Å². The Morgan fingerprint density at radius 3 is 2.75 bits per heavy atom. The minimum Gasteiger partial charge on any atom is -0.493 e. The summed E-state index contributed by atoms with van der Waals surface area (Å²) in [5, 5.41) is 6.47. The summed E-state index contributed by atoms with van der Waals surface area (Å²) in [5.41, 5.74) is 1.07. The number of halogens is 1. The first kappa shape index (κ1) is 14.9. The number of rotatable bonds is 7. The van der Waals surface area contributed by atoms with Crippen LogP contribution >= 0.6 is 11.3 Å². The van der Waals surface area contributed by atoms with Crippen molar-refractivity contribution in [1.29, 1.82) is 0 Å². The third kappa shape index (κ3) is 4.90. The van der Waals surface area contributed by atoms with Crippen LogP contribution in [-0.2, 0) is 13.0 Å². The molecule has 0 aliphatic rings. The molecule has 3 nitrogen and oxygen atoms in total. The highest BCUT2D eigenvalue weighted by atomic mass is 32.1. The maximum Gasteiger partial charge on any atom is 0.123 e. The predicted molar refractivity (Wildman–Crippen MR) is 79.7 cm³/mol. The van der Waals surface area contributed by atoms with Crippen molar-refractivity contribution < 1.29 is 9.13 Å². The van der Waals surface area contributed by atoms with Crippen LogP contribution in [0.4, 0.5) is 4.39 Å². The summed E-state index contributed by atoms with van der Waals surface area (Å²) in [6, 6.07) is 6.52. The number of hydrogen-bond acceptors (Lipinski definition) is 4. The molecule has 0 amide bonds. The molecule has 0 fully saturated rings. The summed E-state index contributed by atoms with van der Waals surface area (Å²) in [6.07, 6.45) is 0.768. The molecule has 0 aliphatic carbocycles. The Labute approximate surface area is 122 Å². The number of ether oxygens (including phenoxy) is 1. The largest absolute Gasteiger partial charge is 0.493 e. The number of aromatic nitrogens is 1. The molecule has 0 spiro atoms. The van der Waals surface area contributed by atoms with Gasteiger partial charge in [0.1, 0.15) is 11.6 Å². The Bertz CT molecular complexity index is 525. The quantitative estimate of drug-likeness (QED) is 0.850. The van der Waals surface area contributed by atoms with Gasteiger partial charge in [-0.05, 0) is 24.3 Å². The van der Waals surface area contributed by atoms with Gasteiger partial charge in [0.2, 0.25) is 0 Å². The summed E-state index contributed by atoms with van der Waals surface area (Å²) in [4.78, 5) is 4.54. The normalized spacial score (nSPS) is 11.0. The molecule has 0 bridgehead atoms. The Hall–Kier alpha value is -1.46. The molecule has 1 N–H and O–H groups in total. The minimum atomic E-state index is -0.250. The summed E-state index contributed by atoms with van der Waals surface area (Å²) in [7, 11) is 0. The number of hydrogen-bond donors (Lipinski definition) is 1. The van der Waals surface area contributed by atoms with Gasteiger partial charge in [0.25, 0.3) is 0 Å². The van der Waals surface area contributed by atoms with Crippen molar-refractivity contribution in [1.82, 2.24) is 10.3 Å². The summed E-state index contributed by atoms with van der Waals surface area (Å²) < 4.78 is 18.3. The van der Waals surface area contributed by atoms with Crippen LogP contribution in [0.25, 0.3) is 0 Å². The van der Waals surface area contributed by atoms with Crippen molar-refractivity contribution >= 4 is 11.3 Å². The SMILES string of the molecule is CC(C)NCc1csc(CCOc2ccc(F)cc2)n1. The van der Waals surface area contributed by atoms with Crippen LogP contribution in [0.3, 0.4) is 0 Å². The lowest BCUT2D eigenvalue weighted by atomic mass is 10.3. The Morgan fingerprint density at radius 1 is 1.30 bits per heavy atom. The maximum atomic E-state index is 12.7. The van der Waals surface area contributed by atoms with Crippen molar-refractivity contribution in [2.75, 3.05) is 6.61 Å². The molecule has 0 unspecified atom stereocenters. The molecule has 2 aromatic rings. The molecule has 0 saturated heterocycles. The van der Waals surface area contributed by atoms with E-state index in [0.717, 1.165) is 23.7 Å². The third-order valence-electron chi connectivity index (χ3n) is 2.69. The van der Waals surface area contributed by atoms with E-state index in [9.17, 15) is 4.39 Å². The van der Waals surface area contributed by atoms with Gasteiger partial charge in [-0.2, -0.15) is 0 Å². The van der Waals surface area contributed by atoms with Gasteiger partial charge in [-0.1, -0.05) is 13.8 Å². The zero-order valence-corrected chi connectivity index (χ0v) is 12.5. The number of nitrogens with zero attached hydrogens (tertiary/aromatic N) is 1. The second-order valence-electron chi connectivity index (χ2n) is 4.82. The lowest BCUT2D eigenvalue weighted by molar-refractivity contribution is 0.321. The molecule has 1 heterocycles. The molecule has 20 heavy (non-hydrogen) atoms. The fourth-order valence-electron chi connectivity index (χ4n) is 1.64. The van der Waals surface area contributed by atoms with Gasteiger partial charge in [0, 0.05) is 24.4 Å². The molecule has 0 radical (unpaired) electrons. The molecule has 0 atom stereocenters. The van der Waals surface area contributed by atoms with Crippen LogP contribution in [0.15, 0.2) is 29.6 Å². The topological polar surface area (TPSA) is 34.1 Å². The van der Waals surface area contributed by atoms with Crippen LogP contribution in [0.1, 0.15) is 24.5 Å². The van der Waals surface area contributed by atoms with Crippen molar-refractivity contribution in [2.24, 2.45) is 0 Å². The first-order chi connectivity index (χ1) is 9.63. The van der Waals surface area contributed by atoms with Crippen LogP contribution in [0.2, 0.25) is 0 Å². The molecule has 0 saturated carbocycles. The van der Waals surface area contributed by atoms with Gasteiger partial charge in [-0.3, -0.25) is 0 Å². The monoisotopic (exact) mass is 294 g/mol. The number of thiazole rings is 1. The standard InChI is InChI=1S/C15H19FN2OS/c1-11(2)17-9-13-10-20-15(18-13)7-8-19-14-5-3-12(16)4-6-14/h3-6,10-11,17H,7-9H2,1-2H3. The average molecular weight is 294 g/mol. The number of benzene rings is 1. The van der Waals surface area contributed by atoms with E-state index in [1.807, 2.05) is 0 Å². The van der Waals surface area contributed by atoms with E-state index in [-0.39, 0.29) is 5.82 Å². The smallest absolute Gasteiger partial charge is 0.123 e. The molecule has 1 aromatic carbocycles. The van der Waals surface area contributed by atoms with Crippen LogP contribution < -0.4 is 10.1 Å².